The van der Waals surface area contributed by atoms with Crippen LogP contribution in [0.3, 0.4) is 0 Å². The smallest absolute Gasteiger partial charge is 0.254 e. The Labute approximate surface area is 187 Å². The van der Waals surface area contributed by atoms with E-state index in [1.165, 1.54) is 4.90 Å². The summed E-state index contributed by atoms with van der Waals surface area (Å²) in [6, 6.07) is 7.08. The second-order valence-corrected chi connectivity index (χ2v) is 10.8. The molecule has 0 radical (unpaired) electrons. The van der Waals surface area contributed by atoms with Gasteiger partial charge in [-0.05, 0) is 36.6 Å². The fourth-order valence-electron chi connectivity index (χ4n) is 3.74. The molecule has 166 valence electrons. The summed E-state index contributed by atoms with van der Waals surface area (Å²) in [5.41, 5.74) is 8.85. The molecule has 2 aromatic rings. The summed E-state index contributed by atoms with van der Waals surface area (Å²) in [6.45, 7) is 1.99. The number of halogens is 1. The summed E-state index contributed by atoms with van der Waals surface area (Å²) < 4.78 is 26.4. The zero-order chi connectivity index (χ0) is 22.3. The van der Waals surface area contributed by atoms with Crippen LogP contribution < -0.4 is 10.6 Å². The number of piperazine rings is 1. The van der Waals surface area contributed by atoms with Gasteiger partial charge in [-0.3, -0.25) is 4.79 Å². The molecule has 0 unspecified atom stereocenters. The Bertz CT molecular complexity index is 1110. The van der Waals surface area contributed by atoms with E-state index in [1.54, 1.807) is 36.7 Å². The first kappa shape index (κ1) is 21.9. The number of aromatic nitrogens is 1. The highest BCUT2D eigenvalue weighted by Crippen LogP contribution is 2.33. The number of nitrogens with two attached hydrogens (primary N) is 1. The first-order valence-electron chi connectivity index (χ1n) is 10.2. The van der Waals surface area contributed by atoms with Crippen LogP contribution in [-0.4, -0.2) is 74.0 Å². The molecule has 2 aliphatic rings. The molecule has 4 rings (SSSR count). The molecule has 1 aromatic carbocycles. The van der Waals surface area contributed by atoms with Crippen molar-refractivity contribution < 1.29 is 13.2 Å². The third kappa shape index (κ3) is 4.35. The maximum Gasteiger partial charge on any atom is 0.254 e. The van der Waals surface area contributed by atoms with Crippen LogP contribution in [0.5, 0.6) is 0 Å². The Kier molecular flexibility index (Phi) is 5.85. The molecule has 10 heteroatoms. The molecule has 1 saturated carbocycles. The third-order valence-electron chi connectivity index (χ3n) is 5.68. The van der Waals surface area contributed by atoms with E-state index in [9.17, 15) is 13.2 Å². The van der Waals surface area contributed by atoms with E-state index in [2.05, 4.69) is 4.98 Å². The van der Waals surface area contributed by atoms with Crippen LogP contribution in [0.2, 0.25) is 5.02 Å². The normalized spacial score (nSPS) is 17.6. The number of nitrogen functional groups attached to an aromatic ring is 1. The van der Waals surface area contributed by atoms with E-state index in [0.717, 1.165) is 24.0 Å². The van der Waals surface area contributed by atoms with Gasteiger partial charge in [-0.2, -0.15) is 4.31 Å². The van der Waals surface area contributed by atoms with Gasteiger partial charge in [0.1, 0.15) is 0 Å². The summed E-state index contributed by atoms with van der Waals surface area (Å²) in [4.78, 5) is 20.2. The average molecular weight is 464 g/mol. The number of anilines is 2. The number of amides is 1. The maximum absolute atomic E-state index is 12.4. The quantitative estimate of drug-likeness (QED) is 0.730. The largest absolute Gasteiger partial charge is 0.396 e. The molecule has 1 saturated heterocycles. The summed E-state index contributed by atoms with van der Waals surface area (Å²) in [6.07, 6.45) is 3.26. The maximum atomic E-state index is 12.4. The van der Waals surface area contributed by atoms with Gasteiger partial charge in [0.2, 0.25) is 10.0 Å². The van der Waals surface area contributed by atoms with Gasteiger partial charge in [-0.15, -0.1) is 0 Å². The van der Waals surface area contributed by atoms with Gasteiger partial charge in [-0.1, -0.05) is 17.7 Å². The minimum atomic E-state index is -3.15. The van der Waals surface area contributed by atoms with Crippen LogP contribution in [0, 0.1) is 0 Å². The van der Waals surface area contributed by atoms with Crippen LogP contribution in [-0.2, 0) is 10.0 Å². The molecule has 2 heterocycles. The molecule has 2 N–H and O–H groups in total. The molecule has 1 aliphatic carbocycles. The summed E-state index contributed by atoms with van der Waals surface area (Å²) in [7, 11) is 0.204. The van der Waals surface area contributed by atoms with E-state index in [4.69, 9.17) is 17.3 Å². The number of carbonyl (C=O) groups excluding carboxylic acids is 1. The lowest BCUT2D eigenvalue weighted by Gasteiger charge is -2.35. The molecule has 1 aromatic heterocycles. The van der Waals surface area contributed by atoms with Gasteiger partial charge in [0.15, 0.2) is 5.82 Å². The molecule has 0 bridgehead atoms. The van der Waals surface area contributed by atoms with Crippen molar-refractivity contribution >= 4 is 39.0 Å². The highest BCUT2D eigenvalue weighted by Gasteiger charge is 2.41. The highest BCUT2D eigenvalue weighted by atomic mass is 35.5. The first-order valence-corrected chi connectivity index (χ1v) is 12.1. The van der Waals surface area contributed by atoms with Crippen LogP contribution in [0.1, 0.15) is 23.2 Å². The predicted molar refractivity (Wildman–Crippen MR) is 123 cm³/mol. The molecule has 0 atom stereocenters. The number of rotatable bonds is 5. The Balaban J connectivity index is 1.49. The summed E-state index contributed by atoms with van der Waals surface area (Å²) in [5.74, 6) is 0.491. The van der Waals surface area contributed by atoms with Gasteiger partial charge in [0.25, 0.3) is 5.91 Å². The van der Waals surface area contributed by atoms with E-state index in [0.29, 0.717) is 48.3 Å². The zero-order valence-electron chi connectivity index (χ0n) is 17.6. The standard InChI is InChI=1S/C21H26ClN5O3S/c1-25(2)21(28)17-6-3-14(11-18(17)22)15-12-19(23)20(24-13-15)26-7-9-27(10-8-26)31(29,30)16-4-5-16/h3,6,11-13,16H,4-5,7-10,23H2,1-2H3. The van der Waals surface area contributed by atoms with Crippen LogP contribution in [0.25, 0.3) is 11.1 Å². The minimum absolute atomic E-state index is 0.160. The predicted octanol–water partition coefficient (Wildman–Crippen LogP) is 2.30. The summed E-state index contributed by atoms with van der Waals surface area (Å²) in [5, 5.41) is 0.180. The van der Waals surface area contributed by atoms with Crippen LogP contribution in [0.4, 0.5) is 11.5 Å². The zero-order valence-corrected chi connectivity index (χ0v) is 19.2. The lowest BCUT2D eigenvalue weighted by Crippen LogP contribution is -2.50. The number of benzene rings is 1. The van der Waals surface area contributed by atoms with Crippen molar-refractivity contribution in [3.63, 3.8) is 0 Å². The number of pyridine rings is 1. The van der Waals surface area contributed by atoms with Crippen LogP contribution >= 0.6 is 11.6 Å². The number of sulfonamides is 1. The highest BCUT2D eigenvalue weighted by molar-refractivity contribution is 7.90. The first-order chi connectivity index (χ1) is 14.7. The van der Waals surface area contributed by atoms with E-state index in [1.807, 2.05) is 17.0 Å². The minimum Gasteiger partial charge on any atom is -0.396 e. The lowest BCUT2D eigenvalue weighted by atomic mass is 10.0. The monoisotopic (exact) mass is 463 g/mol. The van der Waals surface area contributed by atoms with Gasteiger partial charge in [-0.25, -0.2) is 13.4 Å². The number of carbonyl (C=O) groups is 1. The van der Waals surface area contributed by atoms with Crippen molar-refractivity contribution in [1.29, 1.82) is 0 Å². The van der Waals surface area contributed by atoms with Gasteiger partial charge in [0.05, 0.1) is 21.5 Å². The Morgan fingerprint density at radius 3 is 2.35 bits per heavy atom. The molecule has 2 fully saturated rings. The number of hydrogen-bond donors (Lipinski definition) is 1. The second kappa shape index (κ2) is 8.29. The van der Waals surface area contributed by atoms with E-state index >= 15 is 0 Å². The molecule has 1 amide bonds. The second-order valence-electron chi connectivity index (χ2n) is 8.16. The van der Waals surface area contributed by atoms with Crippen molar-refractivity contribution in [2.45, 2.75) is 18.1 Å². The third-order valence-corrected chi connectivity index (χ3v) is 8.39. The molecule has 1 aliphatic heterocycles. The molecule has 31 heavy (non-hydrogen) atoms. The molecule has 8 nitrogen and oxygen atoms in total. The SMILES string of the molecule is CN(C)C(=O)c1ccc(-c2cnc(N3CCN(S(=O)(=O)C4CC4)CC3)c(N)c2)cc1Cl. The fraction of sp³-hybridized carbons (Fsp3) is 0.429. The Hall–Kier alpha value is -2.36. The summed E-state index contributed by atoms with van der Waals surface area (Å²) >= 11 is 6.33. The van der Waals surface area contributed by atoms with Crippen molar-refractivity contribution in [3.8, 4) is 11.1 Å². The fourth-order valence-corrected chi connectivity index (χ4v) is 5.82. The van der Waals surface area contributed by atoms with E-state index in [-0.39, 0.29) is 11.2 Å². The van der Waals surface area contributed by atoms with Crippen molar-refractivity contribution in [1.82, 2.24) is 14.2 Å². The van der Waals surface area contributed by atoms with Crippen molar-refractivity contribution in [2.75, 3.05) is 50.9 Å². The molecular formula is C21H26ClN5O3S. The average Bonchev–Trinajstić information content (AvgIpc) is 3.59. The lowest BCUT2D eigenvalue weighted by molar-refractivity contribution is 0.0828. The number of nitrogens with zero attached hydrogens (tertiary/aromatic N) is 4. The van der Waals surface area contributed by atoms with E-state index < -0.39 is 10.0 Å². The Morgan fingerprint density at radius 1 is 1.13 bits per heavy atom. The molecular weight excluding hydrogens is 438 g/mol. The Morgan fingerprint density at radius 2 is 1.81 bits per heavy atom. The van der Waals surface area contributed by atoms with Gasteiger partial charge < -0.3 is 15.5 Å². The van der Waals surface area contributed by atoms with Gasteiger partial charge in [0, 0.05) is 52.0 Å². The van der Waals surface area contributed by atoms with Gasteiger partial charge >= 0.3 is 0 Å². The topological polar surface area (TPSA) is 99.8 Å². The number of hydrogen-bond acceptors (Lipinski definition) is 6. The van der Waals surface area contributed by atoms with Crippen molar-refractivity contribution in [2.24, 2.45) is 0 Å². The van der Waals surface area contributed by atoms with Crippen LogP contribution in [0.15, 0.2) is 30.5 Å². The van der Waals surface area contributed by atoms with Crippen molar-refractivity contribution in [3.05, 3.63) is 41.0 Å². The molecule has 0 spiro atoms.